The van der Waals surface area contributed by atoms with Crippen LogP contribution >= 0.6 is 0 Å². The SMILES string of the molecule is COc1ccc([C@@H]2[C@@H]3CCCC[C@]3(O)CCN2C(=O)c2ccc(F)cc2)cc1. The van der Waals surface area contributed by atoms with E-state index in [1.54, 1.807) is 7.11 Å². The Morgan fingerprint density at radius 1 is 1.11 bits per heavy atom. The molecule has 2 aromatic rings. The van der Waals surface area contributed by atoms with Gasteiger partial charge in [0.15, 0.2) is 0 Å². The van der Waals surface area contributed by atoms with Crippen LogP contribution in [0.15, 0.2) is 48.5 Å². The number of aliphatic hydroxyl groups is 1. The summed E-state index contributed by atoms with van der Waals surface area (Å²) in [5.74, 6) is 0.277. The lowest BCUT2D eigenvalue weighted by atomic mass is 9.66. The summed E-state index contributed by atoms with van der Waals surface area (Å²) >= 11 is 0. The third-order valence-electron chi connectivity index (χ3n) is 6.38. The molecule has 1 heterocycles. The van der Waals surface area contributed by atoms with Gasteiger partial charge in [0.2, 0.25) is 0 Å². The van der Waals surface area contributed by atoms with Gasteiger partial charge in [-0.3, -0.25) is 4.79 Å². The minimum absolute atomic E-state index is 0.00667. The van der Waals surface area contributed by atoms with Gasteiger partial charge in [-0.25, -0.2) is 4.39 Å². The molecular formula is C23H26FNO3. The zero-order valence-electron chi connectivity index (χ0n) is 16.1. The summed E-state index contributed by atoms with van der Waals surface area (Å²) in [6.07, 6.45) is 4.33. The molecule has 3 atom stereocenters. The number of fused-ring (bicyclic) bond motifs is 1. The van der Waals surface area contributed by atoms with E-state index in [0.29, 0.717) is 18.5 Å². The van der Waals surface area contributed by atoms with Gasteiger partial charge < -0.3 is 14.7 Å². The molecule has 0 radical (unpaired) electrons. The number of hydrogen-bond donors (Lipinski definition) is 1. The zero-order chi connectivity index (χ0) is 19.7. The highest BCUT2D eigenvalue weighted by atomic mass is 19.1. The van der Waals surface area contributed by atoms with Crippen LogP contribution in [0.25, 0.3) is 0 Å². The third-order valence-corrected chi connectivity index (χ3v) is 6.38. The third kappa shape index (κ3) is 3.39. The molecule has 2 fully saturated rings. The van der Waals surface area contributed by atoms with Gasteiger partial charge in [-0.2, -0.15) is 0 Å². The Morgan fingerprint density at radius 3 is 2.50 bits per heavy atom. The van der Waals surface area contributed by atoms with Gasteiger partial charge in [0.05, 0.1) is 18.8 Å². The molecule has 1 amide bonds. The number of rotatable bonds is 3. The van der Waals surface area contributed by atoms with E-state index in [9.17, 15) is 14.3 Å². The largest absolute Gasteiger partial charge is 0.497 e. The molecule has 1 N–H and O–H groups in total. The molecular weight excluding hydrogens is 357 g/mol. The number of ether oxygens (including phenoxy) is 1. The number of nitrogens with zero attached hydrogens (tertiary/aromatic N) is 1. The summed E-state index contributed by atoms with van der Waals surface area (Å²) in [6.45, 7) is 0.486. The molecule has 5 heteroatoms. The second-order valence-corrected chi connectivity index (χ2v) is 7.93. The minimum atomic E-state index is -0.734. The number of benzene rings is 2. The van der Waals surface area contributed by atoms with Crippen molar-refractivity contribution in [2.45, 2.75) is 43.7 Å². The number of amides is 1. The van der Waals surface area contributed by atoms with Crippen molar-refractivity contribution in [3.8, 4) is 5.75 Å². The van der Waals surface area contributed by atoms with E-state index in [4.69, 9.17) is 4.74 Å². The molecule has 1 saturated heterocycles. The van der Waals surface area contributed by atoms with Crippen LogP contribution in [-0.4, -0.2) is 35.2 Å². The van der Waals surface area contributed by atoms with E-state index in [0.717, 1.165) is 37.0 Å². The lowest BCUT2D eigenvalue weighted by Gasteiger charge is -2.52. The summed E-state index contributed by atoms with van der Waals surface area (Å²) in [5.41, 5.74) is 0.741. The Kier molecular flexibility index (Phi) is 5.11. The maximum atomic E-state index is 13.3. The summed E-state index contributed by atoms with van der Waals surface area (Å²) in [5, 5.41) is 11.3. The fourth-order valence-electron chi connectivity index (χ4n) is 4.88. The first-order valence-electron chi connectivity index (χ1n) is 9.95. The highest BCUT2D eigenvalue weighted by Gasteiger charge is 2.50. The van der Waals surface area contributed by atoms with Crippen molar-refractivity contribution >= 4 is 5.91 Å². The molecule has 4 nitrogen and oxygen atoms in total. The molecule has 0 aromatic heterocycles. The van der Waals surface area contributed by atoms with Crippen molar-refractivity contribution in [1.29, 1.82) is 0 Å². The topological polar surface area (TPSA) is 49.8 Å². The minimum Gasteiger partial charge on any atom is -0.497 e. The first-order valence-corrected chi connectivity index (χ1v) is 9.95. The molecule has 0 spiro atoms. The number of halogens is 1. The van der Waals surface area contributed by atoms with Crippen LogP contribution in [0, 0.1) is 11.7 Å². The Bertz CT molecular complexity index is 836. The molecule has 1 aliphatic carbocycles. The fraction of sp³-hybridized carbons (Fsp3) is 0.435. The predicted molar refractivity (Wildman–Crippen MR) is 105 cm³/mol. The molecule has 2 aromatic carbocycles. The zero-order valence-corrected chi connectivity index (χ0v) is 16.1. The maximum Gasteiger partial charge on any atom is 0.254 e. The molecule has 1 aliphatic heterocycles. The van der Waals surface area contributed by atoms with E-state index in [1.807, 2.05) is 29.2 Å². The average molecular weight is 383 g/mol. The second kappa shape index (κ2) is 7.55. The second-order valence-electron chi connectivity index (χ2n) is 7.93. The van der Waals surface area contributed by atoms with Crippen molar-refractivity contribution in [1.82, 2.24) is 4.90 Å². The molecule has 1 saturated carbocycles. The van der Waals surface area contributed by atoms with Crippen molar-refractivity contribution in [2.24, 2.45) is 5.92 Å². The summed E-state index contributed by atoms with van der Waals surface area (Å²) < 4.78 is 18.6. The summed E-state index contributed by atoms with van der Waals surface area (Å²) in [7, 11) is 1.62. The molecule has 0 bridgehead atoms. The van der Waals surface area contributed by atoms with Crippen LogP contribution in [0.1, 0.15) is 54.1 Å². The monoisotopic (exact) mass is 383 g/mol. The van der Waals surface area contributed by atoms with E-state index in [-0.39, 0.29) is 23.7 Å². The first-order chi connectivity index (χ1) is 13.5. The van der Waals surface area contributed by atoms with Crippen LogP contribution in [-0.2, 0) is 0 Å². The predicted octanol–water partition coefficient (Wildman–Crippen LogP) is 4.34. The van der Waals surface area contributed by atoms with Crippen molar-refractivity contribution in [3.63, 3.8) is 0 Å². The van der Waals surface area contributed by atoms with Gasteiger partial charge in [0.1, 0.15) is 11.6 Å². The number of piperidine rings is 1. The van der Waals surface area contributed by atoms with E-state index < -0.39 is 5.60 Å². The van der Waals surface area contributed by atoms with Crippen LogP contribution < -0.4 is 4.74 Å². The van der Waals surface area contributed by atoms with Gasteiger partial charge in [-0.1, -0.05) is 25.0 Å². The first kappa shape index (κ1) is 18.9. The van der Waals surface area contributed by atoms with Crippen molar-refractivity contribution < 1.29 is 19.0 Å². The van der Waals surface area contributed by atoms with Crippen molar-refractivity contribution in [3.05, 3.63) is 65.5 Å². The quantitative estimate of drug-likeness (QED) is 0.858. The Labute approximate surface area is 164 Å². The normalized spacial score (nSPS) is 27.2. The van der Waals surface area contributed by atoms with Gasteiger partial charge in [0.25, 0.3) is 5.91 Å². The maximum absolute atomic E-state index is 13.3. The number of likely N-dealkylation sites (tertiary alicyclic amines) is 1. The van der Waals surface area contributed by atoms with Crippen LogP contribution in [0.4, 0.5) is 4.39 Å². The van der Waals surface area contributed by atoms with Gasteiger partial charge in [0, 0.05) is 18.0 Å². The van der Waals surface area contributed by atoms with Crippen LogP contribution in [0.3, 0.4) is 0 Å². The molecule has 0 unspecified atom stereocenters. The fourth-order valence-corrected chi connectivity index (χ4v) is 4.88. The van der Waals surface area contributed by atoms with Crippen LogP contribution in [0.5, 0.6) is 5.75 Å². The van der Waals surface area contributed by atoms with Crippen LogP contribution in [0.2, 0.25) is 0 Å². The number of hydrogen-bond acceptors (Lipinski definition) is 3. The van der Waals surface area contributed by atoms with E-state index >= 15 is 0 Å². The number of carbonyl (C=O) groups is 1. The molecule has 148 valence electrons. The lowest BCUT2D eigenvalue weighted by molar-refractivity contribution is -0.115. The molecule has 4 rings (SSSR count). The Hall–Kier alpha value is -2.40. The standard InChI is InChI=1S/C23H26FNO3/c1-28-19-11-7-16(8-12-19)21-20-4-2-3-13-23(20,27)14-15-25(21)22(26)17-5-9-18(24)10-6-17/h5-12,20-21,27H,2-4,13-15H2,1H3/t20-,21+,23-/m0/s1. The van der Waals surface area contributed by atoms with Gasteiger partial charge in [-0.15, -0.1) is 0 Å². The Balaban J connectivity index is 1.72. The van der Waals surface area contributed by atoms with Gasteiger partial charge in [-0.05, 0) is 61.2 Å². The highest BCUT2D eigenvalue weighted by molar-refractivity contribution is 5.94. The lowest BCUT2D eigenvalue weighted by Crippen LogP contribution is -2.56. The Morgan fingerprint density at radius 2 is 1.82 bits per heavy atom. The smallest absolute Gasteiger partial charge is 0.254 e. The summed E-state index contributed by atoms with van der Waals surface area (Å²) in [4.78, 5) is 15.2. The highest BCUT2D eigenvalue weighted by Crippen LogP contribution is 2.49. The average Bonchev–Trinajstić information content (AvgIpc) is 2.73. The summed E-state index contributed by atoms with van der Waals surface area (Å²) in [6, 6.07) is 13.2. The van der Waals surface area contributed by atoms with Gasteiger partial charge >= 0.3 is 0 Å². The molecule has 2 aliphatic rings. The van der Waals surface area contributed by atoms with E-state index in [1.165, 1.54) is 24.3 Å². The van der Waals surface area contributed by atoms with Crippen molar-refractivity contribution in [2.75, 3.05) is 13.7 Å². The number of methoxy groups -OCH3 is 1. The number of carbonyl (C=O) groups excluding carboxylic acids is 1. The van der Waals surface area contributed by atoms with E-state index in [2.05, 4.69) is 0 Å². The molecule has 28 heavy (non-hydrogen) atoms.